The molecule has 2 rings (SSSR count). The maximum atomic E-state index is 12.1. The van der Waals surface area contributed by atoms with Gasteiger partial charge in [0.1, 0.15) is 0 Å². The minimum Gasteiger partial charge on any atom is -0.347 e. The fourth-order valence-corrected chi connectivity index (χ4v) is 2.86. The van der Waals surface area contributed by atoms with Crippen molar-refractivity contribution in [3.63, 3.8) is 0 Å². The lowest BCUT2D eigenvalue weighted by Crippen LogP contribution is -2.46. The summed E-state index contributed by atoms with van der Waals surface area (Å²) < 4.78 is 11.5. The summed E-state index contributed by atoms with van der Waals surface area (Å²) in [7, 11) is 0. The van der Waals surface area contributed by atoms with Gasteiger partial charge in [0, 0.05) is 19.5 Å². The Balaban J connectivity index is 1.91. The number of nitrogens with zero attached hydrogens (tertiary/aromatic N) is 2. The molecule has 0 aromatic rings. The maximum absolute atomic E-state index is 12.1. The summed E-state index contributed by atoms with van der Waals surface area (Å²) in [6, 6.07) is 2.13. The number of hydrogen-bond donors (Lipinski definition) is 0. The summed E-state index contributed by atoms with van der Waals surface area (Å²) in [5.74, 6) is -0.550. The monoisotopic (exact) mass is 266 g/mol. The van der Waals surface area contributed by atoms with Crippen molar-refractivity contribution in [1.29, 1.82) is 5.26 Å². The second-order valence-electron chi connectivity index (χ2n) is 5.77. The van der Waals surface area contributed by atoms with Crippen LogP contribution >= 0.6 is 0 Å². The van der Waals surface area contributed by atoms with E-state index in [2.05, 4.69) is 6.07 Å². The molecular formula is C14H22N2O3. The third-order valence-corrected chi connectivity index (χ3v) is 3.61. The SMILES string of the molecule is CC1(C)O[C@H](CC#N)C[C@H](CC(=O)N2CCCC2)O1. The third kappa shape index (κ3) is 3.92. The van der Waals surface area contributed by atoms with Gasteiger partial charge in [-0.25, -0.2) is 0 Å². The predicted octanol–water partition coefficient (Wildman–Crippen LogP) is 1.82. The molecule has 0 saturated carbocycles. The molecule has 0 aliphatic carbocycles. The molecule has 2 fully saturated rings. The van der Waals surface area contributed by atoms with Crippen LogP contribution in [0.15, 0.2) is 0 Å². The van der Waals surface area contributed by atoms with Gasteiger partial charge in [-0.1, -0.05) is 0 Å². The second-order valence-corrected chi connectivity index (χ2v) is 5.77. The minimum atomic E-state index is -0.713. The van der Waals surface area contributed by atoms with Crippen molar-refractivity contribution in [2.45, 2.75) is 63.9 Å². The lowest BCUT2D eigenvalue weighted by atomic mass is 10.0. The average molecular weight is 266 g/mol. The number of nitriles is 1. The highest BCUT2D eigenvalue weighted by atomic mass is 16.7. The van der Waals surface area contributed by atoms with Crippen LogP contribution in [0.3, 0.4) is 0 Å². The van der Waals surface area contributed by atoms with E-state index in [1.165, 1.54) is 0 Å². The van der Waals surface area contributed by atoms with Crippen molar-refractivity contribution < 1.29 is 14.3 Å². The van der Waals surface area contributed by atoms with E-state index in [9.17, 15) is 4.79 Å². The van der Waals surface area contributed by atoms with E-state index in [0.29, 0.717) is 19.3 Å². The van der Waals surface area contributed by atoms with Crippen LogP contribution in [0.2, 0.25) is 0 Å². The zero-order valence-corrected chi connectivity index (χ0v) is 11.7. The maximum Gasteiger partial charge on any atom is 0.225 e. The molecule has 0 radical (unpaired) electrons. The molecule has 2 atom stereocenters. The molecule has 19 heavy (non-hydrogen) atoms. The molecule has 5 nitrogen and oxygen atoms in total. The second kappa shape index (κ2) is 5.89. The number of rotatable bonds is 3. The van der Waals surface area contributed by atoms with Crippen LogP contribution in [0.1, 0.15) is 46.0 Å². The molecule has 0 aromatic heterocycles. The van der Waals surface area contributed by atoms with Gasteiger partial charge in [-0.2, -0.15) is 5.26 Å². The molecular weight excluding hydrogens is 244 g/mol. The molecule has 1 amide bonds. The van der Waals surface area contributed by atoms with Gasteiger partial charge in [-0.05, 0) is 26.7 Å². The van der Waals surface area contributed by atoms with Crippen LogP contribution in [0, 0.1) is 11.3 Å². The molecule has 106 valence electrons. The molecule has 2 aliphatic heterocycles. The van der Waals surface area contributed by atoms with Gasteiger partial charge in [-0.3, -0.25) is 4.79 Å². The highest BCUT2D eigenvalue weighted by molar-refractivity contribution is 5.76. The Kier molecular flexibility index (Phi) is 4.43. The van der Waals surface area contributed by atoms with E-state index < -0.39 is 5.79 Å². The van der Waals surface area contributed by atoms with E-state index in [1.54, 1.807) is 0 Å². The van der Waals surface area contributed by atoms with Gasteiger partial charge in [0.05, 0.1) is 31.1 Å². The van der Waals surface area contributed by atoms with E-state index in [0.717, 1.165) is 25.9 Å². The van der Waals surface area contributed by atoms with Crippen LogP contribution in [0.5, 0.6) is 0 Å². The van der Waals surface area contributed by atoms with Gasteiger partial charge in [0.15, 0.2) is 5.79 Å². The van der Waals surface area contributed by atoms with Crippen LogP contribution < -0.4 is 0 Å². The molecule has 0 N–H and O–H groups in total. The number of ether oxygens (including phenoxy) is 2. The number of carbonyl (C=O) groups excluding carboxylic acids is 1. The fraction of sp³-hybridized carbons (Fsp3) is 0.857. The molecule has 5 heteroatoms. The Morgan fingerprint density at radius 3 is 2.58 bits per heavy atom. The predicted molar refractivity (Wildman–Crippen MR) is 69.1 cm³/mol. The number of likely N-dealkylation sites (tertiary alicyclic amines) is 1. The van der Waals surface area contributed by atoms with E-state index in [4.69, 9.17) is 14.7 Å². The smallest absolute Gasteiger partial charge is 0.225 e. The average Bonchev–Trinajstić information content (AvgIpc) is 2.80. The minimum absolute atomic E-state index is 0.134. The number of hydrogen-bond acceptors (Lipinski definition) is 4. The van der Waals surface area contributed by atoms with Crippen molar-refractivity contribution in [1.82, 2.24) is 4.90 Å². The van der Waals surface area contributed by atoms with Crippen LogP contribution in [0.4, 0.5) is 0 Å². The molecule has 2 heterocycles. The van der Waals surface area contributed by atoms with Crippen molar-refractivity contribution >= 4 is 5.91 Å². The highest BCUT2D eigenvalue weighted by Gasteiger charge is 2.37. The van der Waals surface area contributed by atoms with Crippen LogP contribution in [0.25, 0.3) is 0 Å². The Morgan fingerprint density at radius 2 is 1.95 bits per heavy atom. The van der Waals surface area contributed by atoms with Crippen molar-refractivity contribution in [3.05, 3.63) is 0 Å². The zero-order chi connectivity index (χ0) is 13.9. The van der Waals surface area contributed by atoms with Crippen molar-refractivity contribution in [2.24, 2.45) is 0 Å². The summed E-state index contributed by atoms with van der Waals surface area (Å²) in [6.45, 7) is 5.41. The lowest BCUT2D eigenvalue weighted by Gasteiger charge is -2.40. The standard InChI is InChI=1S/C14H22N2O3/c1-14(2)18-11(5-6-15)9-12(19-14)10-13(17)16-7-3-4-8-16/h11-12H,3-5,7-10H2,1-2H3/t11-,12-/m1/s1. The Hall–Kier alpha value is -1.12. The first-order valence-corrected chi connectivity index (χ1v) is 7.00. The number of amides is 1. The lowest BCUT2D eigenvalue weighted by molar-refractivity contribution is -0.298. The largest absolute Gasteiger partial charge is 0.347 e. The number of carbonyl (C=O) groups is 1. The van der Waals surface area contributed by atoms with Crippen LogP contribution in [-0.4, -0.2) is 41.9 Å². The van der Waals surface area contributed by atoms with Gasteiger partial charge in [-0.15, -0.1) is 0 Å². The zero-order valence-electron chi connectivity index (χ0n) is 11.7. The Bertz CT molecular complexity index is 369. The topological polar surface area (TPSA) is 62.6 Å². The first-order chi connectivity index (χ1) is 9.00. The summed E-state index contributed by atoms with van der Waals surface area (Å²) >= 11 is 0. The van der Waals surface area contributed by atoms with Crippen molar-refractivity contribution in [3.8, 4) is 6.07 Å². The van der Waals surface area contributed by atoms with Crippen LogP contribution in [-0.2, 0) is 14.3 Å². The van der Waals surface area contributed by atoms with Gasteiger partial charge >= 0.3 is 0 Å². The highest BCUT2D eigenvalue weighted by Crippen LogP contribution is 2.30. The van der Waals surface area contributed by atoms with E-state index in [-0.39, 0.29) is 18.1 Å². The molecule has 2 saturated heterocycles. The summed E-state index contributed by atoms with van der Waals surface area (Å²) in [4.78, 5) is 14.0. The normalized spacial score (nSPS) is 30.1. The summed E-state index contributed by atoms with van der Waals surface area (Å²) in [5, 5.41) is 8.78. The molecule has 0 bridgehead atoms. The first kappa shape index (κ1) is 14.3. The molecule has 0 spiro atoms. The Labute approximate surface area is 114 Å². The molecule has 2 aliphatic rings. The summed E-state index contributed by atoms with van der Waals surface area (Å²) in [5.41, 5.74) is 0. The summed E-state index contributed by atoms with van der Waals surface area (Å²) in [6.07, 6.45) is 3.29. The van der Waals surface area contributed by atoms with E-state index in [1.807, 2.05) is 18.7 Å². The fourth-order valence-electron chi connectivity index (χ4n) is 2.86. The van der Waals surface area contributed by atoms with Gasteiger partial charge < -0.3 is 14.4 Å². The third-order valence-electron chi connectivity index (χ3n) is 3.61. The van der Waals surface area contributed by atoms with Gasteiger partial charge in [0.2, 0.25) is 5.91 Å². The van der Waals surface area contributed by atoms with E-state index >= 15 is 0 Å². The molecule has 0 aromatic carbocycles. The quantitative estimate of drug-likeness (QED) is 0.781. The van der Waals surface area contributed by atoms with Crippen molar-refractivity contribution in [2.75, 3.05) is 13.1 Å². The first-order valence-electron chi connectivity index (χ1n) is 7.00. The Morgan fingerprint density at radius 1 is 1.32 bits per heavy atom. The van der Waals surface area contributed by atoms with Gasteiger partial charge in [0.25, 0.3) is 0 Å². The molecule has 0 unspecified atom stereocenters.